The first-order chi connectivity index (χ1) is 11.9. The fraction of sp³-hybridized carbons (Fsp3) is 0.471. The van der Waals surface area contributed by atoms with Crippen molar-refractivity contribution in [3.8, 4) is 0 Å². The van der Waals surface area contributed by atoms with E-state index in [1.807, 2.05) is 0 Å². The monoisotopic (exact) mass is 347 g/mol. The molecule has 0 spiro atoms. The minimum Gasteiger partial charge on any atom is -0.349 e. The molecule has 0 unspecified atom stereocenters. The van der Waals surface area contributed by atoms with Crippen molar-refractivity contribution in [3.63, 3.8) is 0 Å². The normalized spacial score (nSPS) is 15.4. The Kier molecular flexibility index (Phi) is 4.87. The summed E-state index contributed by atoms with van der Waals surface area (Å²) in [5.41, 5.74) is 1.28. The molecule has 134 valence electrons. The minimum atomic E-state index is -0.328. The van der Waals surface area contributed by atoms with Crippen molar-refractivity contribution < 1.29 is 14.0 Å². The van der Waals surface area contributed by atoms with Gasteiger partial charge in [-0.05, 0) is 31.0 Å². The summed E-state index contributed by atoms with van der Waals surface area (Å²) in [5, 5.41) is 2.87. The number of benzene rings is 1. The number of carbonyl (C=O) groups is 2. The van der Waals surface area contributed by atoms with Crippen LogP contribution in [-0.4, -0.2) is 58.9 Å². The Balaban J connectivity index is 1.52. The SMILES string of the molecule is CN(C)C(=O)N1CCC(C(=O)NCc2nc3ccc(F)cc3[nH]2)CC1. The van der Waals surface area contributed by atoms with E-state index in [1.165, 1.54) is 12.1 Å². The molecule has 2 aromatic rings. The number of hydrogen-bond donors (Lipinski definition) is 2. The van der Waals surface area contributed by atoms with Gasteiger partial charge in [-0.1, -0.05) is 0 Å². The highest BCUT2D eigenvalue weighted by Gasteiger charge is 2.27. The standard InChI is InChI=1S/C17H22FN5O2/c1-22(2)17(25)23-7-5-11(6-8-23)16(24)19-10-15-20-13-4-3-12(18)9-14(13)21-15/h3-4,9,11H,5-8,10H2,1-2H3,(H,19,24)(H,20,21). The first kappa shape index (κ1) is 17.2. The topological polar surface area (TPSA) is 81.3 Å². The lowest BCUT2D eigenvalue weighted by Crippen LogP contribution is -2.46. The number of H-pyrrole nitrogens is 1. The van der Waals surface area contributed by atoms with Crippen molar-refractivity contribution in [1.29, 1.82) is 0 Å². The number of imidazole rings is 1. The number of piperidine rings is 1. The van der Waals surface area contributed by atoms with Gasteiger partial charge in [0.25, 0.3) is 0 Å². The van der Waals surface area contributed by atoms with Crippen LogP contribution in [-0.2, 0) is 11.3 Å². The average molecular weight is 347 g/mol. The van der Waals surface area contributed by atoms with E-state index in [9.17, 15) is 14.0 Å². The van der Waals surface area contributed by atoms with Crippen molar-refractivity contribution >= 4 is 23.0 Å². The summed E-state index contributed by atoms with van der Waals surface area (Å²) in [7, 11) is 3.45. The van der Waals surface area contributed by atoms with E-state index in [0.717, 1.165) is 0 Å². The van der Waals surface area contributed by atoms with Gasteiger partial charge in [0, 0.05) is 33.1 Å². The number of likely N-dealkylation sites (tertiary alicyclic amines) is 1. The van der Waals surface area contributed by atoms with Crippen LogP contribution in [0, 0.1) is 11.7 Å². The Morgan fingerprint density at radius 1 is 1.36 bits per heavy atom. The van der Waals surface area contributed by atoms with Crippen LogP contribution < -0.4 is 5.32 Å². The first-order valence-electron chi connectivity index (χ1n) is 8.32. The molecule has 0 bridgehead atoms. The van der Waals surface area contributed by atoms with Gasteiger partial charge in [0.05, 0.1) is 17.6 Å². The molecule has 1 aromatic carbocycles. The highest BCUT2D eigenvalue weighted by atomic mass is 19.1. The van der Waals surface area contributed by atoms with Crippen molar-refractivity contribution in [2.24, 2.45) is 5.92 Å². The molecule has 0 radical (unpaired) electrons. The quantitative estimate of drug-likeness (QED) is 0.887. The van der Waals surface area contributed by atoms with Crippen LogP contribution in [0.2, 0.25) is 0 Å². The number of halogens is 1. The van der Waals surface area contributed by atoms with E-state index >= 15 is 0 Å². The van der Waals surface area contributed by atoms with Crippen LogP contribution in [0.1, 0.15) is 18.7 Å². The molecule has 7 nitrogen and oxygen atoms in total. The van der Waals surface area contributed by atoms with Crippen LogP contribution in [0.3, 0.4) is 0 Å². The summed E-state index contributed by atoms with van der Waals surface area (Å²) < 4.78 is 13.2. The second-order valence-electron chi connectivity index (χ2n) is 6.50. The number of nitrogens with zero attached hydrogens (tertiary/aromatic N) is 3. The molecule has 3 amide bonds. The van der Waals surface area contributed by atoms with E-state index < -0.39 is 0 Å². The Hall–Kier alpha value is -2.64. The van der Waals surface area contributed by atoms with Gasteiger partial charge in [0.1, 0.15) is 11.6 Å². The molecule has 3 rings (SSSR count). The molecule has 1 aromatic heterocycles. The maximum atomic E-state index is 13.2. The minimum absolute atomic E-state index is 0.0200. The number of fused-ring (bicyclic) bond motifs is 1. The van der Waals surface area contributed by atoms with Crippen molar-refractivity contribution in [3.05, 3.63) is 29.8 Å². The van der Waals surface area contributed by atoms with Gasteiger partial charge < -0.3 is 20.1 Å². The molecule has 1 fully saturated rings. The van der Waals surface area contributed by atoms with Gasteiger partial charge >= 0.3 is 6.03 Å². The predicted molar refractivity (Wildman–Crippen MR) is 91.3 cm³/mol. The third kappa shape index (κ3) is 3.89. The van der Waals surface area contributed by atoms with E-state index in [-0.39, 0.29) is 30.2 Å². The molecule has 2 N–H and O–H groups in total. The van der Waals surface area contributed by atoms with Gasteiger partial charge in [-0.15, -0.1) is 0 Å². The number of hydrogen-bond acceptors (Lipinski definition) is 3. The largest absolute Gasteiger partial charge is 0.349 e. The number of urea groups is 1. The van der Waals surface area contributed by atoms with Crippen molar-refractivity contribution in [2.75, 3.05) is 27.2 Å². The van der Waals surface area contributed by atoms with E-state index in [2.05, 4.69) is 15.3 Å². The van der Waals surface area contributed by atoms with Crippen LogP contribution in [0.15, 0.2) is 18.2 Å². The molecule has 8 heteroatoms. The molecule has 1 aliphatic heterocycles. The third-order valence-corrected chi connectivity index (χ3v) is 4.44. The molecule has 25 heavy (non-hydrogen) atoms. The van der Waals surface area contributed by atoms with Gasteiger partial charge in [-0.25, -0.2) is 14.2 Å². The smallest absolute Gasteiger partial charge is 0.319 e. The maximum absolute atomic E-state index is 13.2. The summed E-state index contributed by atoms with van der Waals surface area (Å²) in [6.07, 6.45) is 1.30. The maximum Gasteiger partial charge on any atom is 0.319 e. The molecule has 0 aliphatic carbocycles. The predicted octanol–water partition coefficient (Wildman–Crippen LogP) is 1.71. The van der Waals surface area contributed by atoms with Crippen LogP contribution in [0.4, 0.5) is 9.18 Å². The summed E-state index contributed by atoms with van der Waals surface area (Å²) in [4.78, 5) is 34.9. The zero-order valence-electron chi connectivity index (χ0n) is 14.4. The third-order valence-electron chi connectivity index (χ3n) is 4.44. The van der Waals surface area contributed by atoms with Crippen LogP contribution in [0.5, 0.6) is 0 Å². The molecule has 2 heterocycles. The molecule has 1 aliphatic rings. The summed E-state index contributed by atoms with van der Waals surface area (Å²) in [5.74, 6) is 0.122. The zero-order valence-corrected chi connectivity index (χ0v) is 14.4. The van der Waals surface area contributed by atoms with Crippen LogP contribution >= 0.6 is 0 Å². The number of amides is 3. The Bertz CT molecular complexity index is 780. The number of rotatable bonds is 3. The van der Waals surface area contributed by atoms with E-state index in [0.29, 0.717) is 42.8 Å². The summed E-state index contributed by atoms with van der Waals surface area (Å²) >= 11 is 0. The van der Waals surface area contributed by atoms with Crippen molar-refractivity contribution in [1.82, 2.24) is 25.1 Å². The molecule has 0 saturated carbocycles. The number of carbonyl (C=O) groups excluding carboxylic acids is 2. The summed E-state index contributed by atoms with van der Waals surface area (Å²) in [6.45, 7) is 1.43. The number of aromatic nitrogens is 2. The fourth-order valence-electron chi connectivity index (χ4n) is 3.05. The molecule has 0 atom stereocenters. The van der Waals surface area contributed by atoms with Gasteiger partial charge in [-0.3, -0.25) is 4.79 Å². The average Bonchev–Trinajstić information content (AvgIpc) is 3.01. The Morgan fingerprint density at radius 3 is 2.76 bits per heavy atom. The van der Waals surface area contributed by atoms with Crippen LogP contribution in [0.25, 0.3) is 11.0 Å². The number of aromatic amines is 1. The van der Waals surface area contributed by atoms with Gasteiger partial charge in [0.2, 0.25) is 5.91 Å². The molecule has 1 saturated heterocycles. The van der Waals surface area contributed by atoms with E-state index in [1.54, 1.807) is 30.0 Å². The van der Waals surface area contributed by atoms with Gasteiger partial charge in [0.15, 0.2) is 0 Å². The first-order valence-corrected chi connectivity index (χ1v) is 8.32. The fourth-order valence-corrected chi connectivity index (χ4v) is 3.05. The van der Waals surface area contributed by atoms with Crippen molar-refractivity contribution in [2.45, 2.75) is 19.4 Å². The number of nitrogens with one attached hydrogen (secondary N) is 2. The zero-order chi connectivity index (χ0) is 18.0. The molecular weight excluding hydrogens is 325 g/mol. The van der Waals surface area contributed by atoms with Gasteiger partial charge in [-0.2, -0.15) is 0 Å². The second-order valence-corrected chi connectivity index (χ2v) is 6.50. The highest BCUT2D eigenvalue weighted by molar-refractivity contribution is 5.80. The summed E-state index contributed by atoms with van der Waals surface area (Å²) in [6, 6.07) is 4.32. The Labute approximate surface area is 145 Å². The molecular formula is C17H22FN5O2. The lowest BCUT2D eigenvalue weighted by molar-refractivity contribution is -0.126. The highest BCUT2D eigenvalue weighted by Crippen LogP contribution is 2.18. The second kappa shape index (κ2) is 7.08. The Morgan fingerprint density at radius 2 is 2.08 bits per heavy atom. The lowest BCUT2D eigenvalue weighted by atomic mass is 9.96. The lowest BCUT2D eigenvalue weighted by Gasteiger charge is -2.33. The van der Waals surface area contributed by atoms with E-state index in [4.69, 9.17) is 0 Å².